The zero-order valence-electron chi connectivity index (χ0n) is 10.7. The molecular weight excluding hydrogens is 196 g/mol. The van der Waals surface area contributed by atoms with Gasteiger partial charge in [-0.15, -0.1) is 0 Å². The van der Waals surface area contributed by atoms with Crippen LogP contribution >= 0.6 is 0 Å². The third-order valence-electron chi connectivity index (χ3n) is 3.20. The van der Waals surface area contributed by atoms with Crippen molar-refractivity contribution in [1.82, 2.24) is 0 Å². The van der Waals surface area contributed by atoms with Crippen LogP contribution in [0.25, 0.3) is 0 Å². The third kappa shape index (κ3) is 4.78. The van der Waals surface area contributed by atoms with Gasteiger partial charge in [0.05, 0.1) is 0 Å². The zero-order valence-corrected chi connectivity index (χ0v) is 10.7. The van der Waals surface area contributed by atoms with Gasteiger partial charge in [-0.05, 0) is 37.3 Å². The van der Waals surface area contributed by atoms with Gasteiger partial charge in [0, 0.05) is 6.42 Å². The summed E-state index contributed by atoms with van der Waals surface area (Å²) in [6.45, 7) is 4.45. The Balaban J connectivity index is 2.38. The highest BCUT2D eigenvalue weighted by molar-refractivity contribution is 5.93. The van der Waals surface area contributed by atoms with E-state index in [1.165, 1.54) is 43.3 Å². The first-order valence-electron chi connectivity index (χ1n) is 6.69. The first-order valence-corrected chi connectivity index (χ1v) is 6.69. The number of unbranched alkanes of at least 4 members (excludes halogenated alkanes) is 3. The van der Waals surface area contributed by atoms with Crippen LogP contribution in [0.5, 0.6) is 0 Å². The summed E-state index contributed by atoms with van der Waals surface area (Å²) < 4.78 is 0. The van der Waals surface area contributed by atoms with Crippen LogP contribution in [0.2, 0.25) is 0 Å². The number of allylic oxidation sites excluding steroid dienone is 4. The second-order valence-corrected chi connectivity index (χ2v) is 4.65. The zero-order chi connectivity index (χ0) is 11.8. The van der Waals surface area contributed by atoms with Crippen LogP contribution in [0.15, 0.2) is 23.3 Å². The van der Waals surface area contributed by atoms with Crippen molar-refractivity contribution in [1.29, 1.82) is 0 Å². The molecule has 0 aromatic carbocycles. The molecule has 90 valence electrons. The first-order chi connectivity index (χ1) is 7.76. The van der Waals surface area contributed by atoms with Gasteiger partial charge < -0.3 is 0 Å². The van der Waals surface area contributed by atoms with Gasteiger partial charge in [0.1, 0.15) is 0 Å². The lowest BCUT2D eigenvalue weighted by molar-refractivity contribution is -0.114. The Hall–Kier alpha value is -0.850. The topological polar surface area (TPSA) is 17.1 Å². The van der Waals surface area contributed by atoms with Gasteiger partial charge in [0.15, 0.2) is 5.78 Å². The standard InChI is InChI=1S/C15H24O/c1-3-5-6-7-8-13(4-2)11-14-9-10-15(16)12-14/h11-12H,3-10H2,1-2H3. The minimum Gasteiger partial charge on any atom is -0.295 e. The van der Waals surface area contributed by atoms with Crippen molar-refractivity contribution in [3.63, 3.8) is 0 Å². The van der Waals surface area contributed by atoms with Crippen molar-refractivity contribution < 1.29 is 4.79 Å². The molecule has 1 nitrogen and oxygen atoms in total. The van der Waals surface area contributed by atoms with E-state index in [1.807, 2.05) is 6.08 Å². The Morgan fingerprint density at radius 3 is 2.62 bits per heavy atom. The van der Waals surface area contributed by atoms with Crippen molar-refractivity contribution >= 4 is 5.78 Å². The van der Waals surface area contributed by atoms with Gasteiger partial charge in [0.2, 0.25) is 0 Å². The Kier molecular flexibility index (Phi) is 6.14. The van der Waals surface area contributed by atoms with Gasteiger partial charge in [-0.1, -0.05) is 44.8 Å². The quantitative estimate of drug-likeness (QED) is 0.574. The number of hydrogen-bond acceptors (Lipinski definition) is 1. The molecule has 1 rings (SSSR count). The molecule has 1 aliphatic carbocycles. The van der Waals surface area contributed by atoms with E-state index < -0.39 is 0 Å². The molecule has 0 unspecified atom stereocenters. The molecule has 0 N–H and O–H groups in total. The summed E-state index contributed by atoms with van der Waals surface area (Å²) in [7, 11) is 0. The van der Waals surface area contributed by atoms with Gasteiger partial charge in [-0.2, -0.15) is 0 Å². The van der Waals surface area contributed by atoms with E-state index >= 15 is 0 Å². The maximum absolute atomic E-state index is 11.1. The van der Waals surface area contributed by atoms with Gasteiger partial charge >= 0.3 is 0 Å². The molecule has 0 amide bonds. The Bertz CT molecular complexity index is 284. The summed E-state index contributed by atoms with van der Waals surface area (Å²) in [5, 5.41) is 0. The summed E-state index contributed by atoms with van der Waals surface area (Å²) in [6.07, 6.45) is 13.4. The Morgan fingerprint density at radius 1 is 1.25 bits per heavy atom. The molecular formula is C15H24O. The van der Waals surface area contributed by atoms with Gasteiger partial charge in [-0.3, -0.25) is 4.79 Å². The number of carbonyl (C=O) groups excluding carboxylic acids is 1. The van der Waals surface area contributed by atoms with Crippen LogP contribution in [-0.4, -0.2) is 5.78 Å². The van der Waals surface area contributed by atoms with Crippen LogP contribution in [-0.2, 0) is 4.79 Å². The highest BCUT2D eigenvalue weighted by Gasteiger charge is 2.10. The molecule has 0 aromatic rings. The molecule has 0 fully saturated rings. The predicted octanol–water partition coefficient (Wildman–Crippen LogP) is 4.58. The second kappa shape index (κ2) is 7.43. The maximum atomic E-state index is 11.1. The maximum Gasteiger partial charge on any atom is 0.156 e. The Labute approximate surface area is 99.6 Å². The number of hydrogen-bond donors (Lipinski definition) is 0. The lowest BCUT2D eigenvalue weighted by atomic mass is 10.0. The lowest BCUT2D eigenvalue weighted by Gasteiger charge is -2.05. The van der Waals surface area contributed by atoms with Gasteiger partial charge in [0.25, 0.3) is 0 Å². The van der Waals surface area contributed by atoms with E-state index in [4.69, 9.17) is 0 Å². The number of rotatable bonds is 7. The minimum atomic E-state index is 0.299. The van der Waals surface area contributed by atoms with E-state index in [0.717, 1.165) is 19.3 Å². The molecule has 1 aliphatic rings. The highest BCUT2D eigenvalue weighted by atomic mass is 16.1. The highest BCUT2D eigenvalue weighted by Crippen LogP contribution is 2.21. The van der Waals surface area contributed by atoms with Crippen molar-refractivity contribution in [2.75, 3.05) is 0 Å². The van der Waals surface area contributed by atoms with Crippen LogP contribution in [0, 0.1) is 0 Å². The smallest absolute Gasteiger partial charge is 0.156 e. The fraction of sp³-hybridized carbons (Fsp3) is 0.667. The fourth-order valence-corrected chi connectivity index (χ4v) is 2.12. The SMILES string of the molecule is CCCCCCC(=CC1=CC(=O)CC1)CC. The average molecular weight is 220 g/mol. The Morgan fingerprint density at radius 2 is 2.06 bits per heavy atom. The summed E-state index contributed by atoms with van der Waals surface area (Å²) >= 11 is 0. The molecule has 0 aromatic heterocycles. The number of ketones is 1. The molecule has 0 radical (unpaired) electrons. The van der Waals surface area contributed by atoms with Crippen LogP contribution in [0.4, 0.5) is 0 Å². The largest absolute Gasteiger partial charge is 0.295 e. The average Bonchev–Trinajstić information content (AvgIpc) is 2.68. The molecule has 0 heterocycles. The van der Waals surface area contributed by atoms with Crippen LogP contribution in [0.1, 0.15) is 65.2 Å². The fourth-order valence-electron chi connectivity index (χ4n) is 2.12. The van der Waals surface area contributed by atoms with E-state index in [-0.39, 0.29) is 0 Å². The molecule has 1 heteroatoms. The second-order valence-electron chi connectivity index (χ2n) is 4.65. The minimum absolute atomic E-state index is 0.299. The van der Waals surface area contributed by atoms with Crippen LogP contribution in [0.3, 0.4) is 0 Å². The van der Waals surface area contributed by atoms with Gasteiger partial charge in [-0.25, -0.2) is 0 Å². The van der Waals surface area contributed by atoms with Crippen molar-refractivity contribution in [2.24, 2.45) is 0 Å². The lowest BCUT2D eigenvalue weighted by Crippen LogP contribution is -1.85. The summed E-state index contributed by atoms with van der Waals surface area (Å²) in [4.78, 5) is 11.1. The van der Waals surface area contributed by atoms with Crippen molar-refractivity contribution in [3.05, 3.63) is 23.3 Å². The van der Waals surface area contributed by atoms with E-state index in [9.17, 15) is 4.79 Å². The monoisotopic (exact) mass is 220 g/mol. The first kappa shape index (κ1) is 13.2. The predicted molar refractivity (Wildman–Crippen MR) is 69.5 cm³/mol. The molecule has 0 aliphatic heterocycles. The summed E-state index contributed by atoms with van der Waals surface area (Å²) in [6, 6.07) is 0. The normalized spacial score (nSPS) is 16.8. The van der Waals surface area contributed by atoms with E-state index in [2.05, 4.69) is 19.9 Å². The number of carbonyl (C=O) groups is 1. The molecule has 0 spiro atoms. The molecule has 0 atom stereocenters. The van der Waals surface area contributed by atoms with Crippen molar-refractivity contribution in [2.45, 2.75) is 65.2 Å². The summed E-state index contributed by atoms with van der Waals surface area (Å²) in [5.41, 5.74) is 2.76. The van der Waals surface area contributed by atoms with Crippen LogP contribution < -0.4 is 0 Å². The van der Waals surface area contributed by atoms with Crippen molar-refractivity contribution in [3.8, 4) is 0 Å². The molecule has 0 saturated carbocycles. The summed E-state index contributed by atoms with van der Waals surface area (Å²) in [5.74, 6) is 0.299. The molecule has 0 saturated heterocycles. The van der Waals surface area contributed by atoms with E-state index in [0.29, 0.717) is 5.78 Å². The molecule has 0 bridgehead atoms. The van der Waals surface area contributed by atoms with E-state index in [1.54, 1.807) is 0 Å². The molecule has 16 heavy (non-hydrogen) atoms. The third-order valence-corrected chi connectivity index (χ3v) is 3.20.